The molecular formula is C19H21F3N2O4. The Labute approximate surface area is 160 Å². The molecule has 6 nitrogen and oxygen atoms in total. The van der Waals surface area contributed by atoms with Gasteiger partial charge < -0.3 is 19.3 Å². The van der Waals surface area contributed by atoms with Crippen molar-refractivity contribution in [1.82, 2.24) is 9.80 Å². The van der Waals surface area contributed by atoms with Gasteiger partial charge in [-0.15, -0.1) is 0 Å². The highest BCUT2D eigenvalue weighted by Gasteiger charge is 2.59. The molecule has 1 aromatic rings. The van der Waals surface area contributed by atoms with Crippen LogP contribution >= 0.6 is 0 Å². The maximum Gasteiger partial charge on any atom is 0.288 e. The quantitative estimate of drug-likeness (QED) is 0.777. The molecular weight excluding hydrogens is 377 g/mol. The molecule has 1 aliphatic carbocycles. The molecule has 0 spiro atoms. The minimum Gasteiger partial charge on any atom is -0.484 e. The van der Waals surface area contributed by atoms with E-state index in [0.29, 0.717) is 26.3 Å². The second kappa shape index (κ2) is 7.27. The fourth-order valence-electron chi connectivity index (χ4n) is 3.56. The number of nitrogens with zero attached hydrogens (tertiary/aromatic N) is 2. The SMILES string of the molecule is O=C([C@@H]1C[C@@H](F)CN1C(=O)c1ccc(OC2CC2(F)F)cc1)N1CCOCC1. The predicted octanol–water partition coefficient (Wildman–Crippen LogP) is 1.88. The molecule has 28 heavy (non-hydrogen) atoms. The summed E-state index contributed by atoms with van der Waals surface area (Å²) in [6.45, 7) is 1.55. The maximum atomic E-state index is 14.0. The molecule has 0 bridgehead atoms. The summed E-state index contributed by atoms with van der Waals surface area (Å²) in [5.74, 6) is -3.29. The summed E-state index contributed by atoms with van der Waals surface area (Å²) in [6, 6.07) is 4.91. The number of hydrogen-bond donors (Lipinski definition) is 0. The van der Waals surface area contributed by atoms with Gasteiger partial charge in [0, 0.05) is 25.1 Å². The van der Waals surface area contributed by atoms with Gasteiger partial charge in [-0.05, 0) is 24.3 Å². The second-order valence-electron chi connectivity index (χ2n) is 7.34. The first kappa shape index (κ1) is 19.0. The van der Waals surface area contributed by atoms with Crippen molar-refractivity contribution in [1.29, 1.82) is 0 Å². The average molecular weight is 398 g/mol. The van der Waals surface area contributed by atoms with Crippen LogP contribution in [0.5, 0.6) is 5.75 Å². The fourth-order valence-corrected chi connectivity index (χ4v) is 3.56. The van der Waals surface area contributed by atoms with Crippen molar-refractivity contribution in [3.05, 3.63) is 29.8 Å². The summed E-state index contributed by atoms with van der Waals surface area (Å²) >= 11 is 0. The highest BCUT2D eigenvalue weighted by molar-refractivity contribution is 5.98. The van der Waals surface area contributed by atoms with Crippen LogP contribution in [0.25, 0.3) is 0 Å². The van der Waals surface area contributed by atoms with Gasteiger partial charge in [0.05, 0.1) is 26.2 Å². The third kappa shape index (κ3) is 3.80. The predicted molar refractivity (Wildman–Crippen MR) is 92.2 cm³/mol. The number of carbonyl (C=O) groups is 2. The number of hydrogen-bond acceptors (Lipinski definition) is 4. The molecule has 4 rings (SSSR count). The summed E-state index contributed by atoms with van der Waals surface area (Å²) in [5.41, 5.74) is 0.254. The van der Waals surface area contributed by atoms with Crippen molar-refractivity contribution in [2.75, 3.05) is 32.8 Å². The lowest BCUT2D eigenvalue weighted by Gasteiger charge is -2.32. The molecule has 1 unspecified atom stereocenters. The molecule has 2 heterocycles. The average Bonchev–Trinajstić information content (AvgIpc) is 3.10. The Morgan fingerprint density at radius 1 is 1.14 bits per heavy atom. The van der Waals surface area contributed by atoms with Crippen molar-refractivity contribution in [3.8, 4) is 5.75 Å². The van der Waals surface area contributed by atoms with Gasteiger partial charge in [0.25, 0.3) is 11.8 Å². The number of halogens is 3. The summed E-state index contributed by atoms with van der Waals surface area (Å²) in [7, 11) is 0. The summed E-state index contributed by atoms with van der Waals surface area (Å²) in [4.78, 5) is 28.5. The van der Waals surface area contributed by atoms with Gasteiger partial charge in [-0.1, -0.05) is 0 Å². The molecule has 1 saturated carbocycles. The molecule has 0 radical (unpaired) electrons. The number of morpholine rings is 1. The van der Waals surface area contributed by atoms with Crippen LogP contribution in [0.4, 0.5) is 13.2 Å². The summed E-state index contributed by atoms with van der Waals surface area (Å²) in [5, 5.41) is 0. The van der Waals surface area contributed by atoms with Crippen LogP contribution in [0.15, 0.2) is 24.3 Å². The van der Waals surface area contributed by atoms with Crippen LogP contribution in [0.1, 0.15) is 23.2 Å². The van der Waals surface area contributed by atoms with E-state index in [2.05, 4.69) is 0 Å². The standard InChI is InChI=1S/C19H21F3N2O4/c20-13-9-15(18(26)23-5-7-27-8-6-23)24(11-13)17(25)12-1-3-14(4-2-12)28-16-10-19(16,21)22/h1-4,13,15-16H,5-11H2/t13-,15+,16?/m1/s1. The lowest BCUT2D eigenvalue weighted by molar-refractivity contribution is -0.139. The maximum absolute atomic E-state index is 14.0. The first-order valence-corrected chi connectivity index (χ1v) is 9.31. The van der Waals surface area contributed by atoms with Crippen LogP contribution in [0.2, 0.25) is 0 Å². The number of likely N-dealkylation sites (tertiary alicyclic amines) is 1. The van der Waals surface area contributed by atoms with Crippen molar-refractivity contribution >= 4 is 11.8 Å². The minimum atomic E-state index is -2.80. The van der Waals surface area contributed by atoms with Crippen LogP contribution in [-0.4, -0.2) is 78.7 Å². The molecule has 152 valence electrons. The van der Waals surface area contributed by atoms with Gasteiger partial charge in [-0.25, -0.2) is 13.2 Å². The zero-order valence-corrected chi connectivity index (χ0v) is 15.2. The van der Waals surface area contributed by atoms with E-state index in [4.69, 9.17) is 9.47 Å². The van der Waals surface area contributed by atoms with E-state index in [0.717, 1.165) is 0 Å². The molecule has 3 fully saturated rings. The normalized spacial score (nSPS) is 28.9. The van der Waals surface area contributed by atoms with Crippen LogP contribution in [0.3, 0.4) is 0 Å². The largest absolute Gasteiger partial charge is 0.484 e. The van der Waals surface area contributed by atoms with E-state index in [1.54, 1.807) is 4.90 Å². The van der Waals surface area contributed by atoms with Crippen molar-refractivity contribution < 1.29 is 32.2 Å². The zero-order chi connectivity index (χ0) is 19.9. The molecule has 2 aliphatic heterocycles. The molecule has 0 N–H and O–H groups in total. The van der Waals surface area contributed by atoms with Gasteiger partial charge in [0.2, 0.25) is 5.91 Å². The molecule has 2 saturated heterocycles. The third-order valence-corrected chi connectivity index (χ3v) is 5.27. The number of rotatable bonds is 4. The number of benzene rings is 1. The summed E-state index contributed by atoms with van der Waals surface area (Å²) in [6.07, 6.45) is -2.74. The minimum absolute atomic E-state index is 0.0279. The van der Waals surface area contributed by atoms with Crippen molar-refractivity contribution in [2.24, 2.45) is 0 Å². The molecule has 9 heteroatoms. The van der Waals surface area contributed by atoms with Gasteiger partial charge in [-0.2, -0.15) is 0 Å². The molecule has 1 aromatic carbocycles. The van der Waals surface area contributed by atoms with Crippen molar-refractivity contribution in [3.63, 3.8) is 0 Å². The van der Waals surface area contributed by atoms with E-state index in [1.165, 1.54) is 29.2 Å². The van der Waals surface area contributed by atoms with Gasteiger partial charge in [0.1, 0.15) is 18.0 Å². The van der Waals surface area contributed by atoms with E-state index < -0.39 is 30.1 Å². The third-order valence-electron chi connectivity index (χ3n) is 5.27. The Hall–Kier alpha value is -2.29. The van der Waals surface area contributed by atoms with Crippen molar-refractivity contribution in [2.45, 2.75) is 37.1 Å². The number of alkyl halides is 3. The lowest BCUT2D eigenvalue weighted by Crippen LogP contribution is -2.51. The smallest absolute Gasteiger partial charge is 0.288 e. The van der Waals surface area contributed by atoms with E-state index >= 15 is 0 Å². The van der Waals surface area contributed by atoms with Crippen LogP contribution < -0.4 is 4.74 Å². The van der Waals surface area contributed by atoms with Gasteiger partial charge in [0.15, 0.2) is 6.10 Å². The van der Waals surface area contributed by atoms with E-state index in [9.17, 15) is 22.8 Å². The highest BCUT2D eigenvalue weighted by atomic mass is 19.3. The molecule has 0 aromatic heterocycles. The topological polar surface area (TPSA) is 59.1 Å². The number of amides is 2. The first-order valence-electron chi connectivity index (χ1n) is 9.31. The van der Waals surface area contributed by atoms with Gasteiger partial charge in [-0.3, -0.25) is 9.59 Å². The first-order chi connectivity index (χ1) is 13.3. The van der Waals surface area contributed by atoms with Gasteiger partial charge >= 0.3 is 0 Å². The Morgan fingerprint density at radius 2 is 1.79 bits per heavy atom. The Morgan fingerprint density at radius 3 is 2.39 bits per heavy atom. The molecule has 3 aliphatic rings. The lowest BCUT2D eigenvalue weighted by atomic mass is 10.1. The van der Waals surface area contributed by atoms with Crippen LogP contribution in [0, 0.1) is 0 Å². The summed E-state index contributed by atoms with van der Waals surface area (Å²) < 4.78 is 50.3. The Kier molecular flexibility index (Phi) is 4.95. The monoisotopic (exact) mass is 398 g/mol. The van der Waals surface area contributed by atoms with Crippen LogP contribution in [-0.2, 0) is 9.53 Å². The second-order valence-corrected chi connectivity index (χ2v) is 7.34. The molecule has 3 atom stereocenters. The number of ether oxygens (including phenoxy) is 2. The zero-order valence-electron chi connectivity index (χ0n) is 15.2. The highest BCUT2D eigenvalue weighted by Crippen LogP contribution is 2.44. The Balaban J connectivity index is 1.44. The Bertz CT molecular complexity index is 752. The van der Waals surface area contributed by atoms with E-state index in [1.807, 2.05) is 0 Å². The van der Waals surface area contributed by atoms with E-state index in [-0.39, 0.29) is 36.6 Å². The number of carbonyl (C=O) groups excluding carboxylic acids is 2. The molecule has 2 amide bonds. The fraction of sp³-hybridized carbons (Fsp3) is 0.579.